The molecule has 0 atom stereocenters. The second-order valence-electron chi connectivity index (χ2n) is 7.06. The molecular formula is C23H21N5OS3. The highest BCUT2D eigenvalue weighted by atomic mass is 32.2. The van der Waals surface area contributed by atoms with Crippen LogP contribution in [0.5, 0.6) is 0 Å². The van der Waals surface area contributed by atoms with Crippen LogP contribution >= 0.6 is 34.9 Å². The van der Waals surface area contributed by atoms with Gasteiger partial charge in [-0.05, 0) is 38.1 Å². The van der Waals surface area contributed by atoms with Crippen molar-refractivity contribution in [3.05, 3.63) is 71.9 Å². The van der Waals surface area contributed by atoms with Gasteiger partial charge < -0.3 is 8.98 Å². The molecule has 9 heteroatoms. The molecule has 0 saturated heterocycles. The van der Waals surface area contributed by atoms with Gasteiger partial charge in [0.1, 0.15) is 11.6 Å². The fourth-order valence-electron chi connectivity index (χ4n) is 3.29. The molecule has 0 N–H and O–H groups in total. The molecule has 0 amide bonds. The molecule has 0 bridgehead atoms. The maximum absolute atomic E-state index is 5.89. The van der Waals surface area contributed by atoms with Crippen molar-refractivity contribution in [1.82, 2.24) is 24.7 Å². The number of aromatic nitrogens is 5. The number of aryl methyl sites for hydroxylation is 1. The highest BCUT2D eigenvalue weighted by Crippen LogP contribution is 2.32. The van der Waals surface area contributed by atoms with E-state index in [9.17, 15) is 0 Å². The molecule has 0 radical (unpaired) electrons. The summed E-state index contributed by atoms with van der Waals surface area (Å²) in [5, 5.41) is 9.79. The van der Waals surface area contributed by atoms with Gasteiger partial charge in [0.05, 0.1) is 21.7 Å². The van der Waals surface area contributed by atoms with E-state index in [0.717, 1.165) is 50.2 Å². The lowest BCUT2D eigenvalue weighted by Crippen LogP contribution is -2.02. The van der Waals surface area contributed by atoms with Crippen molar-refractivity contribution in [1.29, 1.82) is 0 Å². The quantitative estimate of drug-likeness (QED) is 0.237. The third-order valence-corrected chi connectivity index (χ3v) is 8.11. The number of nitrogens with zero attached hydrogens (tertiary/aromatic N) is 5. The maximum Gasteiger partial charge on any atom is 0.226 e. The van der Waals surface area contributed by atoms with Crippen LogP contribution in [-0.4, -0.2) is 24.7 Å². The molecule has 3 heterocycles. The summed E-state index contributed by atoms with van der Waals surface area (Å²) in [5.74, 6) is 3.88. The topological polar surface area (TPSA) is 69.6 Å². The van der Waals surface area contributed by atoms with Crippen LogP contribution in [0.3, 0.4) is 0 Å². The van der Waals surface area contributed by atoms with Crippen LogP contribution in [0.4, 0.5) is 0 Å². The molecule has 2 aromatic carbocycles. The number of rotatable bonds is 8. The van der Waals surface area contributed by atoms with Crippen molar-refractivity contribution >= 4 is 45.1 Å². The molecule has 0 aliphatic heterocycles. The summed E-state index contributed by atoms with van der Waals surface area (Å²) in [6.07, 6.45) is 0. The molecule has 6 nitrogen and oxygen atoms in total. The monoisotopic (exact) mass is 479 g/mol. The molecule has 5 aromatic rings. The Bertz CT molecular complexity index is 1310. The fraction of sp³-hybridized carbons (Fsp3) is 0.217. The molecule has 3 aromatic heterocycles. The zero-order valence-corrected chi connectivity index (χ0v) is 20.1. The van der Waals surface area contributed by atoms with Gasteiger partial charge in [-0.15, -0.1) is 21.5 Å². The highest BCUT2D eigenvalue weighted by molar-refractivity contribution is 8.00. The Morgan fingerprint density at radius 3 is 2.56 bits per heavy atom. The maximum atomic E-state index is 5.89. The number of oxazole rings is 1. The second kappa shape index (κ2) is 9.48. The van der Waals surface area contributed by atoms with E-state index >= 15 is 0 Å². The van der Waals surface area contributed by atoms with Gasteiger partial charge in [-0.2, -0.15) is 0 Å². The summed E-state index contributed by atoms with van der Waals surface area (Å²) < 4.78 is 10.3. The number of thioether (sulfide) groups is 2. The summed E-state index contributed by atoms with van der Waals surface area (Å²) >= 11 is 5.06. The van der Waals surface area contributed by atoms with E-state index in [1.54, 1.807) is 34.9 Å². The Balaban J connectivity index is 1.27. The SMILES string of the molecule is CCn1c(CSc2nc3ccccc3s2)nnc1SCc1nc(-c2ccccc2)oc1C. The van der Waals surface area contributed by atoms with Gasteiger partial charge in [-0.1, -0.05) is 53.9 Å². The minimum atomic E-state index is 0.656. The van der Waals surface area contributed by atoms with Crippen molar-refractivity contribution in [2.24, 2.45) is 0 Å². The van der Waals surface area contributed by atoms with Crippen LogP contribution in [0.25, 0.3) is 21.7 Å². The third-order valence-electron chi connectivity index (χ3n) is 4.96. The van der Waals surface area contributed by atoms with Gasteiger partial charge in [-0.25, -0.2) is 9.97 Å². The Morgan fingerprint density at radius 1 is 0.938 bits per heavy atom. The van der Waals surface area contributed by atoms with Crippen molar-refractivity contribution in [3.63, 3.8) is 0 Å². The Morgan fingerprint density at radius 2 is 1.75 bits per heavy atom. The summed E-state index contributed by atoms with van der Waals surface area (Å²) in [6, 6.07) is 18.2. The Hall–Kier alpha value is -2.62. The smallest absolute Gasteiger partial charge is 0.226 e. The van der Waals surface area contributed by atoms with Crippen LogP contribution in [0.15, 0.2) is 68.5 Å². The first-order valence-corrected chi connectivity index (χ1v) is 13.0. The average molecular weight is 480 g/mol. The van der Waals surface area contributed by atoms with Crippen LogP contribution in [-0.2, 0) is 18.1 Å². The number of para-hydroxylation sites is 1. The van der Waals surface area contributed by atoms with Crippen LogP contribution < -0.4 is 0 Å². The van der Waals surface area contributed by atoms with Crippen LogP contribution in [0, 0.1) is 6.92 Å². The minimum absolute atomic E-state index is 0.656. The first-order chi connectivity index (χ1) is 15.7. The summed E-state index contributed by atoms with van der Waals surface area (Å²) in [4.78, 5) is 9.40. The first-order valence-electron chi connectivity index (χ1n) is 10.3. The van der Waals surface area contributed by atoms with Gasteiger partial charge in [-0.3, -0.25) is 0 Å². The van der Waals surface area contributed by atoms with E-state index in [-0.39, 0.29) is 0 Å². The fourth-order valence-corrected chi connectivity index (χ4v) is 6.32. The predicted octanol–water partition coefficient (Wildman–Crippen LogP) is 6.46. The van der Waals surface area contributed by atoms with E-state index < -0.39 is 0 Å². The number of thiazole rings is 1. The largest absolute Gasteiger partial charge is 0.441 e. The molecule has 0 fully saturated rings. The Kier molecular flexibility index (Phi) is 6.29. The van der Waals surface area contributed by atoms with Gasteiger partial charge in [0.15, 0.2) is 9.50 Å². The van der Waals surface area contributed by atoms with E-state index in [4.69, 9.17) is 14.4 Å². The predicted molar refractivity (Wildman–Crippen MR) is 131 cm³/mol. The molecule has 0 aliphatic carbocycles. The molecule has 0 saturated carbocycles. The van der Waals surface area contributed by atoms with Gasteiger partial charge in [0, 0.05) is 17.9 Å². The van der Waals surface area contributed by atoms with Gasteiger partial charge in [0.25, 0.3) is 0 Å². The molecule has 0 unspecified atom stereocenters. The number of benzene rings is 2. The molecule has 0 aliphatic rings. The van der Waals surface area contributed by atoms with Crippen LogP contribution in [0.1, 0.15) is 24.2 Å². The third kappa shape index (κ3) is 4.46. The standard InChI is InChI=1S/C23H21N5OS3/c1-3-28-20(14-31-23-25-17-11-7-8-12-19(17)32-23)26-27-22(28)30-13-18-15(2)29-21(24-18)16-9-5-4-6-10-16/h4-12H,3,13-14H2,1-2H3. The van der Waals surface area contributed by atoms with Crippen molar-refractivity contribution in [2.75, 3.05) is 0 Å². The minimum Gasteiger partial charge on any atom is -0.441 e. The Labute approximate surface area is 198 Å². The molecule has 5 rings (SSSR count). The molecule has 0 spiro atoms. The van der Waals surface area contributed by atoms with Crippen molar-refractivity contribution in [2.45, 2.75) is 41.4 Å². The number of fused-ring (bicyclic) bond motifs is 1. The lowest BCUT2D eigenvalue weighted by Gasteiger charge is -2.06. The number of hydrogen-bond donors (Lipinski definition) is 0. The summed E-state index contributed by atoms with van der Waals surface area (Å²) in [5.41, 5.74) is 2.97. The van der Waals surface area contributed by atoms with Crippen molar-refractivity contribution in [3.8, 4) is 11.5 Å². The molecular weight excluding hydrogens is 458 g/mol. The van der Waals surface area contributed by atoms with Gasteiger partial charge in [0.2, 0.25) is 5.89 Å². The zero-order chi connectivity index (χ0) is 21.9. The van der Waals surface area contributed by atoms with Gasteiger partial charge >= 0.3 is 0 Å². The lowest BCUT2D eigenvalue weighted by molar-refractivity contribution is 0.540. The van der Waals surface area contributed by atoms with Crippen molar-refractivity contribution < 1.29 is 4.42 Å². The van der Waals surface area contributed by atoms with E-state index in [1.165, 1.54) is 4.70 Å². The van der Waals surface area contributed by atoms with Crippen LogP contribution in [0.2, 0.25) is 0 Å². The first kappa shape index (κ1) is 21.2. The second-order valence-corrected chi connectivity index (χ2v) is 10.3. The summed E-state index contributed by atoms with van der Waals surface area (Å²) in [6.45, 7) is 4.90. The van der Waals surface area contributed by atoms with E-state index in [1.807, 2.05) is 55.5 Å². The van der Waals surface area contributed by atoms with E-state index in [2.05, 4.69) is 27.8 Å². The molecule has 32 heavy (non-hydrogen) atoms. The normalized spacial score (nSPS) is 11.4. The lowest BCUT2D eigenvalue weighted by atomic mass is 10.2. The highest BCUT2D eigenvalue weighted by Gasteiger charge is 2.16. The van der Waals surface area contributed by atoms with E-state index in [0.29, 0.717) is 11.6 Å². The zero-order valence-electron chi connectivity index (χ0n) is 17.7. The average Bonchev–Trinajstić information content (AvgIpc) is 3.52. The number of hydrogen-bond acceptors (Lipinski definition) is 8. The molecule has 162 valence electrons. The summed E-state index contributed by atoms with van der Waals surface area (Å²) in [7, 11) is 0.